The molecule has 0 radical (unpaired) electrons. The minimum atomic E-state index is 0.0503. The Morgan fingerprint density at radius 3 is 2.59 bits per heavy atom. The van der Waals surface area contributed by atoms with Gasteiger partial charge in [-0.1, -0.05) is 54.4 Å². The zero-order valence-corrected chi connectivity index (χ0v) is 17.8. The second-order valence-corrected chi connectivity index (χ2v) is 8.65. The lowest BCUT2D eigenvalue weighted by Crippen LogP contribution is -2.33. The van der Waals surface area contributed by atoms with Crippen LogP contribution in [-0.2, 0) is 4.79 Å². The van der Waals surface area contributed by atoms with Crippen molar-refractivity contribution in [3.05, 3.63) is 59.1 Å². The minimum absolute atomic E-state index is 0.0503. The summed E-state index contributed by atoms with van der Waals surface area (Å²) < 4.78 is 2.02. The summed E-state index contributed by atoms with van der Waals surface area (Å²) in [6.45, 7) is 2.06. The van der Waals surface area contributed by atoms with E-state index in [1.165, 1.54) is 24.6 Å². The average Bonchev–Trinajstić information content (AvgIpc) is 3.37. The first-order chi connectivity index (χ1) is 14.1. The van der Waals surface area contributed by atoms with Gasteiger partial charge in [-0.25, -0.2) is 0 Å². The fourth-order valence-electron chi connectivity index (χ4n) is 3.65. The van der Waals surface area contributed by atoms with Crippen LogP contribution in [0.2, 0.25) is 5.02 Å². The molecule has 150 valence electrons. The first-order valence-corrected chi connectivity index (χ1v) is 11.2. The van der Waals surface area contributed by atoms with Crippen LogP contribution >= 0.6 is 23.4 Å². The molecule has 1 aliphatic carbocycles. The molecule has 0 saturated heterocycles. The van der Waals surface area contributed by atoms with Gasteiger partial charge in [-0.2, -0.15) is 0 Å². The van der Waals surface area contributed by atoms with E-state index in [0.29, 0.717) is 22.0 Å². The molecule has 0 aliphatic heterocycles. The Hall–Kier alpha value is -2.31. The summed E-state index contributed by atoms with van der Waals surface area (Å²) in [6.07, 6.45) is 4.56. The number of carbonyl (C=O) groups is 1. The van der Waals surface area contributed by atoms with Crippen LogP contribution in [0.4, 0.5) is 0 Å². The summed E-state index contributed by atoms with van der Waals surface area (Å²) in [5.41, 5.74) is 3.04. The van der Waals surface area contributed by atoms with Gasteiger partial charge in [0.2, 0.25) is 5.91 Å². The first kappa shape index (κ1) is 20.0. The van der Waals surface area contributed by atoms with Gasteiger partial charge in [-0.15, -0.1) is 10.2 Å². The molecule has 0 spiro atoms. The number of aryl methyl sites for hydroxylation is 1. The number of carbonyl (C=O) groups excluding carboxylic acids is 1. The zero-order chi connectivity index (χ0) is 20.2. The van der Waals surface area contributed by atoms with E-state index in [-0.39, 0.29) is 5.91 Å². The number of benzene rings is 2. The molecule has 29 heavy (non-hydrogen) atoms. The Balaban J connectivity index is 1.62. The van der Waals surface area contributed by atoms with Gasteiger partial charge in [0.05, 0.1) is 11.4 Å². The minimum Gasteiger partial charge on any atom is -0.353 e. The van der Waals surface area contributed by atoms with Gasteiger partial charge >= 0.3 is 0 Å². The summed E-state index contributed by atoms with van der Waals surface area (Å²) in [4.78, 5) is 12.4. The van der Waals surface area contributed by atoms with Crippen LogP contribution < -0.4 is 5.32 Å². The van der Waals surface area contributed by atoms with Crippen LogP contribution in [0, 0.1) is 6.92 Å². The molecule has 4 rings (SSSR count). The highest BCUT2D eigenvalue weighted by molar-refractivity contribution is 7.99. The van der Waals surface area contributed by atoms with Crippen LogP contribution in [0.3, 0.4) is 0 Å². The van der Waals surface area contributed by atoms with E-state index in [1.54, 1.807) is 0 Å². The number of nitrogens with one attached hydrogen (secondary N) is 1. The van der Waals surface area contributed by atoms with Crippen molar-refractivity contribution in [1.29, 1.82) is 0 Å². The van der Waals surface area contributed by atoms with E-state index in [2.05, 4.69) is 28.5 Å². The van der Waals surface area contributed by atoms with Gasteiger partial charge in [0, 0.05) is 16.6 Å². The fraction of sp³-hybridized carbons (Fsp3) is 0.318. The predicted octanol–water partition coefficient (Wildman–Crippen LogP) is 5.05. The lowest BCUT2D eigenvalue weighted by molar-refractivity contribution is -0.119. The summed E-state index contributed by atoms with van der Waals surface area (Å²) in [5, 5.41) is 13.3. The highest BCUT2D eigenvalue weighted by Gasteiger charge is 2.20. The second kappa shape index (κ2) is 9.01. The maximum atomic E-state index is 12.4. The largest absolute Gasteiger partial charge is 0.353 e. The topological polar surface area (TPSA) is 59.8 Å². The smallest absolute Gasteiger partial charge is 0.230 e. The van der Waals surface area contributed by atoms with Gasteiger partial charge in [0.15, 0.2) is 11.0 Å². The molecule has 1 aromatic heterocycles. The third kappa shape index (κ3) is 4.65. The van der Waals surface area contributed by atoms with Gasteiger partial charge in [0.1, 0.15) is 0 Å². The number of hydrogen-bond donors (Lipinski definition) is 1. The van der Waals surface area contributed by atoms with Crippen LogP contribution in [0.25, 0.3) is 17.1 Å². The van der Waals surface area contributed by atoms with Crippen LogP contribution in [-0.4, -0.2) is 32.5 Å². The zero-order valence-electron chi connectivity index (χ0n) is 16.3. The Bertz CT molecular complexity index is 996. The molecule has 1 amide bonds. The number of amides is 1. The van der Waals surface area contributed by atoms with Gasteiger partial charge in [0.25, 0.3) is 0 Å². The fourth-order valence-corrected chi connectivity index (χ4v) is 4.53. The maximum absolute atomic E-state index is 12.4. The van der Waals surface area contributed by atoms with E-state index in [0.717, 1.165) is 35.5 Å². The van der Waals surface area contributed by atoms with Crippen molar-refractivity contribution in [1.82, 2.24) is 20.1 Å². The van der Waals surface area contributed by atoms with E-state index in [1.807, 2.05) is 47.0 Å². The number of aromatic nitrogens is 3. The van der Waals surface area contributed by atoms with Gasteiger partial charge in [-0.3, -0.25) is 9.36 Å². The number of hydrogen-bond acceptors (Lipinski definition) is 4. The number of thioether (sulfide) groups is 1. The van der Waals surface area contributed by atoms with Crippen molar-refractivity contribution >= 4 is 29.3 Å². The van der Waals surface area contributed by atoms with E-state index in [4.69, 9.17) is 11.6 Å². The Kier molecular flexibility index (Phi) is 6.21. The highest BCUT2D eigenvalue weighted by atomic mass is 35.5. The van der Waals surface area contributed by atoms with Crippen molar-refractivity contribution < 1.29 is 4.79 Å². The molecular weight excluding hydrogens is 404 g/mol. The lowest BCUT2D eigenvalue weighted by Gasteiger charge is -2.14. The Morgan fingerprint density at radius 1 is 1.14 bits per heavy atom. The van der Waals surface area contributed by atoms with Crippen molar-refractivity contribution in [2.45, 2.75) is 43.8 Å². The van der Waals surface area contributed by atoms with Crippen LogP contribution in [0.15, 0.2) is 53.7 Å². The Labute approximate surface area is 179 Å². The SMILES string of the molecule is Cc1ccccc1-n1c(SCC(=O)NC2CCCC2)nnc1-c1ccc(Cl)cc1. The van der Waals surface area contributed by atoms with Crippen LogP contribution in [0.1, 0.15) is 31.2 Å². The third-order valence-corrected chi connectivity index (χ3v) is 6.33. The first-order valence-electron chi connectivity index (χ1n) is 9.81. The van der Waals surface area contributed by atoms with Crippen molar-refractivity contribution in [3.63, 3.8) is 0 Å². The molecule has 2 aromatic carbocycles. The highest BCUT2D eigenvalue weighted by Crippen LogP contribution is 2.30. The molecular formula is C22H23ClN4OS. The second-order valence-electron chi connectivity index (χ2n) is 7.27. The maximum Gasteiger partial charge on any atom is 0.230 e. The summed E-state index contributed by atoms with van der Waals surface area (Å²) in [5.74, 6) is 1.10. The lowest BCUT2D eigenvalue weighted by atomic mass is 10.1. The van der Waals surface area contributed by atoms with Crippen LogP contribution in [0.5, 0.6) is 0 Å². The molecule has 1 fully saturated rings. The molecule has 1 N–H and O–H groups in total. The normalized spacial score (nSPS) is 14.3. The molecule has 1 heterocycles. The number of halogens is 1. The predicted molar refractivity (Wildman–Crippen MR) is 118 cm³/mol. The molecule has 5 nitrogen and oxygen atoms in total. The summed E-state index contributed by atoms with van der Waals surface area (Å²) in [7, 11) is 0. The molecule has 1 aliphatic rings. The van der Waals surface area contributed by atoms with Crippen molar-refractivity contribution in [2.75, 3.05) is 5.75 Å². The number of para-hydroxylation sites is 1. The molecule has 7 heteroatoms. The molecule has 3 aromatic rings. The van der Waals surface area contributed by atoms with E-state index in [9.17, 15) is 4.79 Å². The van der Waals surface area contributed by atoms with Crippen molar-refractivity contribution in [3.8, 4) is 17.1 Å². The van der Waals surface area contributed by atoms with Gasteiger partial charge in [-0.05, 0) is 55.7 Å². The van der Waals surface area contributed by atoms with Gasteiger partial charge < -0.3 is 5.32 Å². The van der Waals surface area contributed by atoms with E-state index >= 15 is 0 Å². The van der Waals surface area contributed by atoms with Crippen molar-refractivity contribution in [2.24, 2.45) is 0 Å². The molecule has 0 unspecified atom stereocenters. The Morgan fingerprint density at radius 2 is 1.86 bits per heavy atom. The standard InChI is InChI=1S/C22H23ClN4OS/c1-15-6-2-5-9-19(15)27-21(16-10-12-17(23)13-11-16)25-26-22(27)29-14-20(28)24-18-7-3-4-8-18/h2,5-6,9-13,18H,3-4,7-8,14H2,1H3,(H,24,28). The quantitative estimate of drug-likeness (QED) is 0.560. The summed E-state index contributed by atoms with van der Waals surface area (Å²) in [6, 6.07) is 16.0. The summed E-state index contributed by atoms with van der Waals surface area (Å²) >= 11 is 7.46. The molecule has 0 bridgehead atoms. The monoisotopic (exact) mass is 426 g/mol. The number of rotatable bonds is 6. The number of nitrogens with zero attached hydrogens (tertiary/aromatic N) is 3. The molecule has 1 saturated carbocycles. The van der Waals surface area contributed by atoms with E-state index < -0.39 is 0 Å². The molecule has 0 atom stereocenters. The average molecular weight is 427 g/mol. The third-order valence-electron chi connectivity index (χ3n) is 5.14.